The minimum absolute atomic E-state index is 0.00202. The van der Waals surface area contributed by atoms with Gasteiger partial charge in [-0.25, -0.2) is 8.42 Å². The average molecular weight is 387 g/mol. The summed E-state index contributed by atoms with van der Waals surface area (Å²) in [5, 5.41) is 0.00202. The van der Waals surface area contributed by atoms with Crippen LogP contribution in [0, 0.1) is 0 Å². The second kappa shape index (κ2) is 7.57. The Morgan fingerprint density at radius 3 is 2.52 bits per heavy atom. The van der Waals surface area contributed by atoms with Gasteiger partial charge in [0.05, 0.1) is 24.4 Å². The van der Waals surface area contributed by atoms with Gasteiger partial charge in [0.15, 0.2) is 0 Å². The van der Waals surface area contributed by atoms with E-state index in [1.54, 1.807) is 19.2 Å². The topological polar surface area (TPSA) is 80.1 Å². The number of amides is 1. The van der Waals surface area contributed by atoms with Gasteiger partial charge in [0.2, 0.25) is 0 Å². The van der Waals surface area contributed by atoms with Gasteiger partial charge in [0, 0.05) is 19.7 Å². The molecule has 0 saturated carbocycles. The van der Waals surface area contributed by atoms with E-state index in [2.05, 4.69) is 0 Å². The predicted molar refractivity (Wildman–Crippen MR) is 92.6 cm³/mol. The maximum Gasteiger partial charge on any atom is 0.266 e. The second-order valence-electron chi connectivity index (χ2n) is 5.35. The average Bonchev–Trinajstić information content (AvgIpc) is 3.13. The van der Waals surface area contributed by atoms with Crippen molar-refractivity contribution in [2.75, 3.05) is 21.2 Å². The highest BCUT2D eigenvalue weighted by Gasteiger charge is 2.27. The first kappa shape index (κ1) is 19.5. The highest BCUT2D eigenvalue weighted by Crippen LogP contribution is 2.27. The number of nitrogens with zero attached hydrogens (tertiary/aromatic N) is 2. The summed E-state index contributed by atoms with van der Waals surface area (Å²) in [5.74, 6) is 0.258. The third kappa shape index (κ3) is 3.87. The lowest BCUT2D eigenvalue weighted by Crippen LogP contribution is -2.30. The zero-order valence-electron chi connectivity index (χ0n) is 14.3. The lowest BCUT2D eigenvalue weighted by molar-refractivity contribution is -0.0258. The Bertz CT molecular complexity index is 851. The van der Waals surface area contributed by atoms with Crippen molar-refractivity contribution in [1.82, 2.24) is 9.37 Å². The van der Waals surface area contributed by atoms with E-state index in [0.717, 1.165) is 0 Å². The van der Waals surface area contributed by atoms with Crippen LogP contribution in [-0.4, -0.2) is 44.9 Å². The third-order valence-corrected chi connectivity index (χ3v) is 6.07. The molecule has 2 aromatic rings. The minimum Gasteiger partial charge on any atom is -0.467 e. The van der Waals surface area contributed by atoms with Gasteiger partial charge in [0.25, 0.3) is 15.9 Å². The van der Waals surface area contributed by atoms with Crippen LogP contribution < -0.4 is 0 Å². The smallest absolute Gasteiger partial charge is 0.266 e. The van der Waals surface area contributed by atoms with Crippen molar-refractivity contribution in [3.8, 4) is 0 Å². The number of hydrogen-bond acceptors (Lipinski definition) is 5. The molecule has 0 aliphatic carbocycles. The zero-order valence-corrected chi connectivity index (χ0v) is 15.8. The highest BCUT2D eigenvalue weighted by molar-refractivity contribution is 7.89. The first-order valence-electron chi connectivity index (χ1n) is 7.33. The molecule has 1 heterocycles. The van der Waals surface area contributed by atoms with E-state index >= 15 is 0 Å². The predicted octanol–water partition coefficient (Wildman–Crippen LogP) is 2.95. The molecular formula is C16H19ClN2O5S. The zero-order chi connectivity index (χ0) is 18.8. The number of furan rings is 1. The maximum absolute atomic E-state index is 12.7. The lowest BCUT2D eigenvalue weighted by Gasteiger charge is -2.24. The van der Waals surface area contributed by atoms with Crippen LogP contribution in [0.25, 0.3) is 0 Å². The fourth-order valence-corrected chi connectivity index (χ4v) is 3.64. The Labute approximate surface area is 151 Å². The van der Waals surface area contributed by atoms with Gasteiger partial charge in [-0.2, -0.15) is 0 Å². The summed E-state index contributed by atoms with van der Waals surface area (Å²) < 4.78 is 30.8. The summed E-state index contributed by atoms with van der Waals surface area (Å²) in [6, 6.07) is 7.26. The number of rotatable bonds is 6. The summed E-state index contributed by atoms with van der Waals surface area (Å²) in [4.78, 5) is 18.7. The van der Waals surface area contributed by atoms with Gasteiger partial charge < -0.3 is 9.32 Å². The normalized spacial score (nSPS) is 13.0. The molecule has 0 aliphatic rings. The van der Waals surface area contributed by atoms with E-state index in [0.29, 0.717) is 10.2 Å². The Morgan fingerprint density at radius 1 is 1.28 bits per heavy atom. The van der Waals surface area contributed by atoms with E-state index < -0.39 is 10.0 Å². The number of benzene rings is 1. The molecule has 0 spiro atoms. The van der Waals surface area contributed by atoms with Crippen molar-refractivity contribution in [3.63, 3.8) is 0 Å². The molecule has 0 saturated heterocycles. The second-order valence-corrected chi connectivity index (χ2v) is 7.66. The Hall–Kier alpha value is -1.87. The van der Waals surface area contributed by atoms with Crippen LogP contribution in [0.15, 0.2) is 45.9 Å². The maximum atomic E-state index is 12.7. The van der Waals surface area contributed by atoms with Gasteiger partial charge >= 0.3 is 0 Å². The van der Waals surface area contributed by atoms with Crippen LogP contribution >= 0.6 is 11.6 Å². The molecule has 0 fully saturated rings. The van der Waals surface area contributed by atoms with Crippen molar-refractivity contribution in [2.24, 2.45) is 0 Å². The number of carbonyl (C=O) groups is 1. The molecule has 1 aromatic carbocycles. The van der Waals surface area contributed by atoms with Crippen LogP contribution in [0.5, 0.6) is 0 Å². The van der Waals surface area contributed by atoms with Gasteiger partial charge in [-0.05, 0) is 37.3 Å². The standard InChI is InChI=1S/C16H19ClN2O5S/c1-11(14-6-5-9-24-14)18(2)16(20)12-7-8-13(17)15(10-12)25(21,22)19(3)23-4/h5-11H,1-4H3. The van der Waals surface area contributed by atoms with Crippen molar-refractivity contribution in [2.45, 2.75) is 17.9 Å². The molecule has 1 atom stereocenters. The lowest BCUT2D eigenvalue weighted by atomic mass is 10.1. The monoisotopic (exact) mass is 386 g/mol. The Kier molecular flexibility index (Phi) is 5.89. The molecular weight excluding hydrogens is 368 g/mol. The fraction of sp³-hybridized carbons (Fsp3) is 0.312. The van der Waals surface area contributed by atoms with Crippen molar-refractivity contribution in [1.29, 1.82) is 0 Å². The van der Waals surface area contributed by atoms with E-state index in [-0.39, 0.29) is 27.4 Å². The van der Waals surface area contributed by atoms with Gasteiger partial charge in [-0.15, -0.1) is 0 Å². The molecule has 0 bridgehead atoms. The van der Waals surface area contributed by atoms with Crippen molar-refractivity contribution >= 4 is 27.5 Å². The minimum atomic E-state index is -3.97. The molecule has 2 rings (SSSR count). The molecule has 9 heteroatoms. The number of hydrogen-bond donors (Lipinski definition) is 0. The SMILES string of the molecule is CON(C)S(=O)(=O)c1cc(C(=O)N(C)C(C)c2ccco2)ccc1Cl. The molecule has 7 nitrogen and oxygen atoms in total. The number of carbonyl (C=O) groups excluding carboxylic acids is 1. The highest BCUT2D eigenvalue weighted by atomic mass is 35.5. The summed E-state index contributed by atoms with van der Waals surface area (Å²) in [6.45, 7) is 1.81. The van der Waals surface area contributed by atoms with Gasteiger partial charge in [-0.3, -0.25) is 9.63 Å². The summed E-state index contributed by atoms with van der Waals surface area (Å²) in [6.07, 6.45) is 1.53. The molecule has 1 aromatic heterocycles. The van der Waals surface area contributed by atoms with Crippen LogP contribution in [-0.2, 0) is 14.9 Å². The van der Waals surface area contributed by atoms with Crippen molar-refractivity contribution in [3.05, 3.63) is 52.9 Å². The third-order valence-electron chi connectivity index (χ3n) is 3.91. The molecule has 0 N–H and O–H groups in total. The summed E-state index contributed by atoms with van der Waals surface area (Å²) in [5.41, 5.74) is 0.188. The van der Waals surface area contributed by atoms with Crippen LogP contribution in [0.4, 0.5) is 0 Å². The first-order valence-corrected chi connectivity index (χ1v) is 9.15. The Morgan fingerprint density at radius 2 is 1.96 bits per heavy atom. The Balaban J connectivity index is 2.37. The van der Waals surface area contributed by atoms with Crippen LogP contribution in [0.1, 0.15) is 29.1 Å². The van der Waals surface area contributed by atoms with E-state index in [9.17, 15) is 13.2 Å². The molecule has 0 aliphatic heterocycles. The number of hydroxylamine groups is 1. The van der Waals surface area contributed by atoms with E-state index in [4.69, 9.17) is 20.9 Å². The molecule has 0 radical (unpaired) electrons. The summed E-state index contributed by atoms with van der Waals surface area (Å²) >= 11 is 6.01. The quantitative estimate of drug-likeness (QED) is 0.713. The molecule has 1 unspecified atom stereocenters. The van der Waals surface area contributed by atoms with Gasteiger partial charge in [-0.1, -0.05) is 16.1 Å². The van der Waals surface area contributed by atoms with E-state index in [1.807, 2.05) is 6.92 Å². The number of halogens is 1. The largest absolute Gasteiger partial charge is 0.467 e. The molecule has 1 amide bonds. The number of sulfonamides is 1. The summed E-state index contributed by atoms with van der Waals surface area (Å²) in [7, 11) is 0.0985. The fourth-order valence-electron chi connectivity index (χ4n) is 2.17. The first-order chi connectivity index (χ1) is 11.7. The molecule has 136 valence electrons. The van der Waals surface area contributed by atoms with Gasteiger partial charge in [0.1, 0.15) is 10.7 Å². The van der Waals surface area contributed by atoms with Crippen molar-refractivity contribution < 1.29 is 22.5 Å². The van der Waals surface area contributed by atoms with Crippen LogP contribution in [0.3, 0.4) is 0 Å². The molecule has 25 heavy (non-hydrogen) atoms. The van der Waals surface area contributed by atoms with E-state index in [1.165, 1.54) is 43.5 Å². The van der Waals surface area contributed by atoms with Crippen LogP contribution in [0.2, 0.25) is 5.02 Å².